The lowest BCUT2D eigenvalue weighted by molar-refractivity contribution is -0.121. The molecule has 0 radical (unpaired) electrons. The standard InChI is InChI=1S/C25H32O4S/c1-2-3-4-8-22(26)18-11-9-17(10-12-18)20-14-15-23(27)21(20)7-5-6-19-13-16-24(30-19)25(28)29/h9-13,16,20-22,26H,2-8,14-15H2,1H3,(H,28,29)/t20?,21-,22?/m1/s1. The minimum Gasteiger partial charge on any atom is -0.477 e. The summed E-state index contributed by atoms with van der Waals surface area (Å²) >= 11 is 1.32. The molecule has 0 aliphatic heterocycles. The van der Waals surface area contributed by atoms with Crippen LogP contribution in [0.3, 0.4) is 0 Å². The van der Waals surface area contributed by atoms with Crippen molar-refractivity contribution in [1.82, 2.24) is 0 Å². The van der Waals surface area contributed by atoms with Gasteiger partial charge in [0.1, 0.15) is 10.7 Å². The highest BCUT2D eigenvalue weighted by Gasteiger charge is 2.35. The third-order valence-corrected chi connectivity index (χ3v) is 7.38. The van der Waals surface area contributed by atoms with Gasteiger partial charge in [-0.2, -0.15) is 0 Å². The summed E-state index contributed by atoms with van der Waals surface area (Å²) in [5.74, 6) is -0.233. The quantitative estimate of drug-likeness (QED) is 0.421. The second-order valence-electron chi connectivity index (χ2n) is 8.36. The summed E-state index contributed by atoms with van der Waals surface area (Å²) in [6, 6.07) is 11.8. The highest BCUT2D eigenvalue weighted by Crippen LogP contribution is 2.40. The van der Waals surface area contributed by atoms with Gasteiger partial charge < -0.3 is 10.2 Å². The maximum Gasteiger partial charge on any atom is 0.345 e. The molecule has 2 unspecified atom stereocenters. The zero-order valence-electron chi connectivity index (χ0n) is 17.7. The van der Waals surface area contributed by atoms with Crippen molar-refractivity contribution in [2.24, 2.45) is 5.92 Å². The number of carbonyl (C=O) groups is 2. The fraction of sp³-hybridized carbons (Fsp3) is 0.520. The smallest absolute Gasteiger partial charge is 0.345 e. The van der Waals surface area contributed by atoms with E-state index in [0.29, 0.717) is 17.1 Å². The zero-order chi connectivity index (χ0) is 21.5. The van der Waals surface area contributed by atoms with Crippen LogP contribution in [0, 0.1) is 5.92 Å². The summed E-state index contributed by atoms with van der Waals surface area (Å²) in [6.45, 7) is 2.16. The molecule has 3 rings (SSSR count). The maximum atomic E-state index is 12.5. The summed E-state index contributed by atoms with van der Waals surface area (Å²) in [4.78, 5) is 25.0. The molecule has 1 aliphatic rings. The number of rotatable bonds is 11. The van der Waals surface area contributed by atoms with Crippen molar-refractivity contribution in [3.63, 3.8) is 0 Å². The highest BCUT2D eigenvalue weighted by molar-refractivity contribution is 7.13. The van der Waals surface area contributed by atoms with E-state index in [0.717, 1.165) is 61.8 Å². The third-order valence-electron chi connectivity index (χ3n) is 6.24. The Hall–Kier alpha value is -1.98. The molecular formula is C25H32O4S. The van der Waals surface area contributed by atoms with Gasteiger partial charge >= 0.3 is 5.97 Å². The van der Waals surface area contributed by atoms with Gasteiger partial charge in [0.25, 0.3) is 0 Å². The Bertz CT molecular complexity index is 839. The number of unbranched alkanes of at least 4 members (excludes halogenated alkanes) is 2. The molecule has 1 aromatic heterocycles. The van der Waals surface area contributed by atoms with Gasteiger partial charge in [-0.25, -0.2) is 4.79 Å². The Kier molecular flexibility index (Phi) is 8.23. The monoisotopic (exact) mass is 428 g/mol. The van der Waals surface area contributed by atoms with Gasteiger partial charge in [-0.05, 0) is 61.3 Å². The van der Waals surface area contributed by atoms with E-state index in [4.69, 9.17) is 5.11 Å². The summed E-state index contributed by atoms with van der Waals surface area (Å²) < 4.78 is 0. The van der Waals surface area contributed by atoms with E-state index in [9.17, 15) is 14.7 Å². The fourth-order valence-electron chi connectivity index (χ4n) is 4.51. The van der Waals surface area contributed by atoms with Crippen molar-refractivity contribution in [2.75, 3.05) is 0 Å². The highest BCUT2D eigenvalue weighted by atomic mass is 32.1. The molecule has 1 heterocycles. The van der Waals surface area contributed by atoms with Crippen molar-refractivity contribution in [3.05, 3.63) is 57.3 Å². The molecule has 1 aromatic carbocycles. The largest absolute Gasteiger partial charge is 0.477 e. The van der Waals surface area contributed by atoms with Gasteiger partial charge in [0.2, 0.25) is 0 Å². The molecule has 162 valence electrons. The Labute approximate surface area is 183 Å². The molecule has 2 aromatic rings. The van der Waals surface area contributed by atoms with Crippen LogP contribution < -0.4 is 0 Å². The van der Waals surface area contributed by atoms with Gasteiger partial charge in [-0.3, -0.25) is 4.79 Å². The topological polar surface area (TPSA) is 74.6 Å². The number of benzene rings is 1. The van der Waals surface area contributed by atoms with E-state index in [1.165, 1.54) is 16.9 Å². The molecule has 1 aliphatic carbocycles. The van der Waals surface area contributed by atoms with Crippen LogP contribution in [0.4, 0.5) is 0 Å². The number of carboxylic acids is 1. The van der Waals surface area contributed by atoms with Crippen LogP contribution in [0.15, 0.2) is 36.4 Å². The number of hydrogen-bond donors (Lipinski definition) is 2. The van der Waals surface area contributed by atoms with E-state index in [-0.39, 0.29) is 11.8 Å². The van der Waals surface area contributed by atoms with Crippen LogP contribution in [0.25, 0.3) is 0 Å². The number of thiophene rings is 1. The van der Waals surface area contributed by atoms with E-state index in [1.54, 1.807) is 6.07 Å². The van der Waals surface area contributed by atoms with E-state index in [2.05, 4.69) is 19.1 Å². The molecular weight excluding hydrogens is 396 g/mol. The first-order valence-electron chi connectivity index (χ1n) is 11.1. The second-order valence-corrected chi connectivity index (χ2v) is 9.53. The summed E-state index contributed by atoms with van der Waals surface area (Å²) in [7, 11) is 0. The summed E-state index contributed by atoms with van der Waals surface area (Å²) in [5.41, 5.74) is 2.15. The molecule has 1 saturated carbocycles. The van der Waals surface area contributed by atoms with Crippen LogP contribution in [0.2, 0.25) is 0 Å². The normalized spacial score (nSPS) is 19.9. The van der Waals surface area contributed by atoms with Gasteiger partial charge in [0.15, 0.2) is 0 Å². The number of aryl methyl sites for hydroxylation is 1. The number of Topliss-reactive ketones (excluding diaryl/α,β-unsaturated/α-hetero) is 1. The lowest BCUT2D eigenvalue weighted by atomic mass is 9.84. The predicted molar refractivity (Wildman–Crippen MR) is 120 cm³/mol. The average Bonchev–Trinajstić information content (AvgIpc) is 3.36. The molecule has 0 spiro atoms. The number of hydrogen-bond acceptors (Lipinski definition) is 4. The van der Waals surface area contributed by atoms with Crippen LogP contribution in [-0.4, -0.2) is 22.0 Å². The van der Waals surface area contributed by atoms with Crippen LogP contribution in [-0.2, 0) is 11.2 Å². The minimum atomic E-state index is -0.879. The molecule has 0 bridgehead atoms. The molecule has 3 atom stereocenters. The van der Waals surface area contributed by atoms with Crippen LogP contribution in [0.5, 0.6) is 0 Å². The first kappa shape index (κ1) is 22.7. The van der Waals surface area contributed by atoms with E-state index >= 15 is 0 Å². The Morgan fingerprint density at radius 3 is 2.57 bits per heavy atom. The van der Waals surface area contributed by atoms with Crippen LogP contribution >= 0.6 is 11.3 Å². The number of aliphatic hydroxyl groups excluding tert-OH is 1. The number of aliphatic hydroxyl groups is 1. The van der Waals surface area contributed by atoms with Gasteiger partial charge in [0.05, 0.1) is 6.10 Å². The Morgan fingerprint density at radius 2 is 1.90 bits per heavy atom. The number of aromatic carboxylic acids is 1. The molecule has 5 heteroatoms. The number of carbonyl (C=O) groups excluding carboxylic acids is 1. The van der Waals surface area contributed by atoms with Gasteiger partial charge in [-0.15, -0.1) is 11.3 Å². The molecule has 0 amide bonds. The van der Waals surface area contributed by atoms with Gasteiger partial charge in [-0.1, -0.05) is 50.5 Å². The van der Waals surface area contributed by atoms with Crippen molar-refractivity contribution in [3.8, 4) is 0 Å². The fourth-order valence-corrected chi connectivity index (χ4v) is 5.40. The third kappa shape index (κ3) is 5.79. The predicted octanol–water partition coefficient (Wildman–Crippen LogP) is 6.15. The zero-order valence-corrected chi connectivity index (χ0v) is 18.5. The van der Waals surface area contributed by atoms with Crippen LogP contribution in [0.1, 0.15) is 96.0 Å². The Balaban J connectivity index is 1.56. The first-order chi connectivity index (χ1) is 14.5. The van der Waals surface area contributed by atoms with E-state index in [1.807, 2.05) is 18.2 Å². The van der Waals surface area contributed by atoms with Gasteiger partial charge in [0, 0.05) is 17.2 Å². The maximum absolute atomic E-state index is 12.5. The average molecular weight is 429 g/mol. The number of carboxylic acid groups (broad SMARTS) is 1. The molecule has 1 fully saturated rings. The first-order valence-corrected chi connectivity index (χ1v) is 11.9. The molecule has 4 nitrogen and oxygen atoms in total. The molecule has 2 N–H and O–H groups in total. The lowest BCUT2D eigenvalue weighted by Crippen LogP contribution is -2.14. The number of ketones is 1. The molecule has 0 saturated heterocycles. The molecule has 30 heavy (non-hydrogen) atoms. The minimum absolute atomic E-state index is 0.0456. The summed E-state index contributed by atoms with van der Waals surface area (Å²) in [5, 5.41) is 19.4. The van der Waals surface area contributed by atoms with Crippen molar-refractivity contribution in [1.29, 1.82) is 0 Å². The van der Waals surface area contributed by atoms with Crippen molar-refractivity contribution < 1.29 is 19.8 Å². The Morgan fingerprint density at radius 1 is 1.13 bits per heavy atom. The SMILES string of the molecule is CCCCCC(O)c1ccc(C2CCC(=O)[C@@H]2CCCc2ccc(C(=O)O)s2)cc1. The second kappa shape index (κ2) is 10.9. The van der Waals surface area contributed by atoms with Crippen molar-refractivity contribution >= 4 is 23.1 Å². The van der Waals surface area contributed by atoms with Crippen molar-refractivity contribution in [2.45, 2.75) is 76.7 Å². The van der Waals surface area contributed by atoms with E-state index < -0.39 is 12.1 Å². The summed E-state index contributed by atoms with van der Waals surface area (Å²) in [6.07, 6.45) is 7.79. The lowest BCUT2D eigenvalue weighted by Gasteiger charge is -2.20.